The average Bonchev–Trinajstić information content (AvgIpc) is 1.86. The maximum Gasteiger partial charge on any atom is 0.0623 e. The normalized spacial score (nSPS) is 34.0. The molecule has 1 fully saturated rings. The Hall–Kier alpha value is 0.690. The number of rotatable bonds is 3. The van der Waals surface area contributed by atoms with Crippen molar-refractivity contribution in [3.63, 3.8) is 0 Å². The fourth-order valence-corrected chi connectivity index (χ4v) is 1.51. The highest BCUT2D eigenvalue weighted by atomic mass is 127. The molecule has 1 nitrogen and oxygen atoms in total. The van der Waals surface area contributed by atoms with Crippen molar-refractivity contribution in [2.45, 2.75) is 25.9 Å². The van der Waals surface area contributed by atoms with Crippen LogP contribution in [0.5, 0.6) is 0 Å². The van der Waals surface area contributed by atoms with Crippen LogP contribution in [0.15, 0.2) is 0 Å². The second kappa shape index (κ2) is 3.76. The lowest BCUT2D eigenvalue weighted by Gasteiger charge is -2.34. The van der Waals surface area contributed by atoms with E-state index < -0.39 is 0 Å². The van der Waals surface area contributed by atoms with Crippen molar-refractivity contribution < 1.29 is 4.74 Å². The van der Waals surface area contributed by atoms with Gasteiger partial charge in [-0.15, -0.1) is 0 Å². The molecule has 0 N–H and O–H groups in total. The Morgan fingerprint density at radius 2 is 2.44 bits per heavy atom. The molecule has 0 saturated carbocycles. The summed E-state index contributed by atoms with van der Waals surface area (Å²) in [5.74, 6) is 0.827. The zero-order chi connectivity index (χ0) is 6.69. The smallest absolute Gasteiger partial charge is 0.0623 e. The van der Waals surface area contributed by atoms with Crippen LogP contribution in [0.1, 0.15) is 19.8 Å². The summed E-state index contributed by atoms with van der Waals surface area (Å²) in [6.45, 7) is 3.26. The maximum atomic E-state index is 5.34. The molecule has 0 aliphatic carbocycles. The fraction of sp³-hybridized carbons (Fsp3) is 1.00. The van der Waals surface area contributed by atoms with Gasteiger partial charge in [0.1, 0.15) is 0 Å². The highest BCUT2D eigenvalue weighted by Gasteiger charge is 2.26. The number of ether oxygens (including phenoxy) is 1. The quantitative estimate of drug-likeness (QED) is 0.543. The lowest BCUT2D eigenvalue weighted by Crippen LogP contribution is -2.37. The largest absolute Gasteiger partial charge is 0.377 e. The van der Waals surface area contributed by atoms with Crippen molar-refractivity contribution in [2.24, 2.45) is 5.92 Å². The molecule has 1 saturated heterocycles. The van der Waals surface area contributed by atoms with Gasteiger partial charge in [-0.05, 0) is 17.3 Å². The minimum Gasteiger partial charge on any atom is -0.377 e. The molecule has 0 aromatic heterocycles. The average molecular weight is 240 g/mol. The summed E-state index contributed by atoms with van der Waals surface area (Å²) in [6.07, 6.45) is 3.18. The Labute approximate surface area is 70.3 Å². The van der Waals surface area contributed by atoms with Gasteiger partial charge in [-0.2, -0.15) is 0 Å². The third-order valence-corrected chi connectivity index (χ3v) is 2.59. The fourth-order valence-electron chi connectivity index (χ4n) is 1.07. The van der Waals surface area contributed by atoms with Crippen molar-refractivity contribution in [3.05, 3.63) is 0 Å². The van der Waals surface area contributed by atoms with Gasteiger partial charge in [-0.25, -0.2) is 0 Å². The molecule has 2 heteroatoms. The van der Waals surface area contributed by atoms with Crippen LogP contribution in [0.3, 0.4) is 0 Å². The molecule has 2 unspecified atom stereocenters. The predicted octanol–water partition coefficient (Wildman–Crippen LogP) is 2.24. The van der Waals surface area contributed by atoms with E-state index in [4.69, 9.17) is 4.74 Å². The SMILES string of the molecule is CC1COC1CCCI. The molecule has 2 atom stereocenters. The van der Waals surface area contributed by atoms with E-state index in [9.17, 15) is 0 Å². The van der Waals surface area contributed by atoms with Crippen LogP contribution in [0.4, 0.5) is 0 Å². The summed E-state index contributed by atoms with van der Waals surface area (Å²) in [7, 11) is 0. The van der Waals surface area contributed by atoms with Gasteiger partial charge in [0.25, 0.3) is 0 Å². The van der Waals surface area contributed by atoms with E-state index >= 15 is 0 Å². The standard InChI is InChI=1S/C7H13IO/c1-6-5-9-7(6)3-2-4-8/h6-7H,2-5H2,1H3. The first-order valence-electron chi connectivity index (χ1n) is 3.52. The number of hydrogen-bond acceptors (Lipinski definition) is 1. The number of alkyl halides is 1. The second-order valence-electron chi connectivity index (χ2n) is 2.68. The molecule has 0 aromatic carbocycles. The monoisotopic (exact) mass is 240 g/mol. The lowest BCUT2D eigenvalue weighted by atomic mass is 9.97. The van der Waals surface area contributed by atoms with Crippen LogP contribution in [-0.4, -0.2) is 17.1 Å². The van der Waals surface area contributed by atoms with Crippen LogP contribution in [0.2, 0.25) is 0 Å². The first kappa shape index (κ1) is 7.79. The number of halogens is 1. The molecule has 0 spiro atoms. The minimum absolute atomic E-state index is 0.597. The van der Waals surface area contributed by atoms with Crippen LogP contribution >= 0.6 is 22.6 Å². The third-order valence-electron chi connectivity index (χ3n) is 1.83. The van der Waals surface area contributed by atoms with Crippen molar-refractivity contribution in [2.75, 3.05) is 11.0 Å². The lowest BCUT2D eigenvalue weighted by molar-refractivity contribution is -0.109. The van der Waals surface area contributed by atoms with E-state index in [2.05, 4.69) is 29.5 Å². The number of hydrogen-bond donors (Lipinski definition) is 0. The van der Waals surface area contributed by atoms with Gasteiger partial charge in [0.2, 0.25) is 0 Å². The van der Waals surface area contributed by atoms with Crippen molar-refractivity contribution in [3.8, 4) is 0 Å². The van der Waals surface area contributed by atoms with Crippen LogP contribution in [0.25, 0.3) is 0 Å². The highest BCUT2D eigenvalue weighted by molar-refractivity contribution is 14.1. The summed E-state index contributed by atoms with van der Waals surface area (Å²) in [6, 6.07) is 0. The zero-order valence-corrected chi connectivity index (χ0v) is 7.93. The van der Waals surface area contributed by atoms with Gasteiger partial charge in [-0.1, -0.05) is 29.5 Å². The summed E-state index contributed by atoms with van der Waals surface area (Å²) in [5, 5.41) is 0. The molecular weight excluding hydrogens is 227 g/mol. The van der Waals surface area contributed by atoms with Gasteiger partial charge >= 0.3 is 0 Å². The first-order valence-corrected chi connectivity index (χ1v) is 5.04. The molecule has 54 valence electrons. The molecule has 0 radical (unpaired) electrons. The zero-order valence-electron chi connectivity index (χ0n) is 5.77. The maximum absolute atomic E-state index is 5.34. The highest BCUT2D eigenvalue weighted by Crippen LogP contribution is 2.23. The van der Waals surface area contributed by atoms with E-state index in [1.54, 1.807) is 0 Å². The third kappa shape index (κ3) is 2.08. The minimum atomic E-state index is 0.597. The molecule has 0 aromatic rings. The Bertz CT molecular complexity index is 85.0. The van der Waals surface area contributed by atoms with E-state index in [-0.39, 0.29) is 0 Å². The molecule has 1 rings (SSSR count). The topological polar surface area (TPSA) is 9.23 Å². The summed E-state index contributed by atoms with van der Waals surface area (Å²) < 4.78 is 6.61. The molecule has 1 aliphatic heterocycles. The van der Waals surface area contributed by atoms with Gasteiger partial charge in [0.05, 0.1) is 12.7 Å². The van der Waals surface area contributed by atoms with E-state index in [1.165, 1.54) is 17.3 Å². The molecule has 1 heterocycles. The first-order chi connectivity index (χ1) is 4.34. The van der Waals surface area contributed by atoms with Crippen molar-refractivity contribution in [1.29, 1.82) is 0 Å². The van der Waals surface area contributed by atoms with Gasteiger partial charge in [0.15, 0.2) is 0 Å². The van der Waals surface area contributed by atoms with Gasteiger partial charge < -0.3 is 4.74 Å². The van der Waals surface area contributed by atoms with Crippen LogP contribution < -0.4 is 0 Å². The molecule has 0 bridgehead atoms. The Balaban J connectivity index is 1.99. The molecule has 0 amide bonds. The predicted molar refractivity (Wildman–Crippen MR) is 47.0 cm³/mol. The van der Waals surface area contributed by atoms with E-state index in [1.807, 2.05) is 0 Å². The van der Waals surface area contributed by atoms with Crippen LogP contribution in [-0.2, 0) is 4.74 Å². The summed E-state index contributed by atoms with van der Waals surface area (Å²) in [5.41, 5.74) is 0. The molecule has 9 heavy (non-hydrogen) atoms. The van der Waals surface area contributed by atoms with E-state index in [0.29, 0.717) is 6.10 Å². The Kier molecular flexibility index (Phi) is 3.26. The Morgan fingerprint density at radius 3 is 2.78 bits per heavy atom. The second-order valence-corrected chi connectivity index (χ2v) is 3.76. The van der Waals surface area contributed by atoms with Crippen molar-refractivity contribution in [1.82, 2.24) is 0 Å². The molecular formula is C7H13IO. The Morgan fingerprint density at radius 1 is 1.67 bits per heavy atom. The van der Waals surface area contributed by atoms with E-state index in [0.717, 1.165) is 12.5 Å². The summed E-state index contributed by atoms with van der Waals surface area (Å²) in [4.78, 5) is 0. The van der Waals surface area contributed by atoms with Gasteiger partial charge in [-0.3, -0.25) is 0 Å². The van der Waals surface area contributed by atoms with Crippen molar-refractivity contribution >= 4 is 22.6 Å². The molecule has 1 aliphatic rings. The summed E-state index contributed by atoms with van der Waals surface area (Å²) >= 11 is 2.41. The van der Waals surface area contributed by atoms with Crippen LogP contribution in [0, 0.1) is 5.92 Å². The van der Waals surface area contributed by atoms with Gasteiger partial charge in [0, 0.05) is 5.92 Å².